The number of likely N-dealkylation sites (N-methyl/N-ethyl adjacent to an activating group) is 1. The first-order valence-electron chi connectivity index (χ1n) is 10.4. The third-order valence-electron chi connectivity index (χ3n) is 6.29. The molecule has 3 aromatic rings. The molecule has 1 aliphatic rings. The van der Waals surface area contributed by atoms with Crippen LogP contribution in [-0.2, 0) is 16.8 Å². The van der Waals surface area contributed by atoms with Crippen molar-refractivity contribution in [3.63, 3.8) is 0 Å². The van der Waals surface area contributed by atoms with Gasteiger partial charge in [-0.25, -0.2) is 0 Å². The third-order valence-corrected chi connectivity index (χ3v) is 6.29. The standard InChI is InChI=1S/C23H28N6O2/c1-17-24-25-26-29(17)20-11-9-18(10-12-20)15-22(31)28-14-13-23(27(2)3,21(30)16-28)19-7-5-4-6-8-19/h4-12,21,30H,13-16H2,1-3H3/t21-,23+/m1/s1. The lowest BCUT2D eigenvalue weighted by molar-refractivity contribution is -0.140. The number of β-amino-alcohol motifs (C(OH)–C–C–N with tert-alkyl or cyclic N) is 1. The Hall–Kier alpha value is -3.10. The largest absolute Gasteiger partial charge is 0.389 e. The maximum atomic E-state index is 13.0. The predicted molar refractivity (Wildman–Crippen MR) is 117 cm³/mol. The second-order valence-electron chi connectivity index (χ2n) is 8.27. The van der Waals surface area contributed by atoms with E-state index < -0.39 is 11.6 Å². The molecule has 4 rings (SSSR count). The van der Waals surface area contributed by atoms with E-state index in [1.54, 1.807) is 9.58 Å². The first-order valence-corrected chi connectivity index (χ1v) is 10.4. The van der Waals surface area contributed by atoms with Crippen LogP contribution in [0.3, 0.4) is 0 Å². The fourth-order valence-electron chi connectivity index (χ4n) is 4.50. The predicted octanol–water partition coefficient (Wildman–Crippen LogP) is 1.56. The topological polar surface area (TPSA) is 87.4 Å². The van der Waals surface area contributed by atoms with Crippen LogP contribution in [0.2, 0.25) is 0 Å². The average molecular weight is 421 g/mol. The molecule has 2 aromatic carbocycles. The molecule has 162 valence electrons. The fraction of sp³-hybridized carbons (Fsp3) is 0.391. The number of aryl methyl sites for hydroxylation is 1. The highest BCUT2D eigenvalue weighted by Gasteiger charge is 2.46. The molecule has 1 fully saturated rings. The number of nitrogens with zero attached hydrogens (tertiary/aromatic N) is 6. The summed E-state index contributed by atoms with van der Waals surface area (Å²) >= 11 is 0. The maximum absolute atomic E-state index is 13.0. The summed E-state index contributed by atoms with van der Waals surface area (Å²) in [5, 5.41) is 22.6. The molecular weight excluding hydrogens is 392 g/mol. The summed E-state index contributed by atoms with van der Waals surface area (Å²) < 4.78 is 1.65. The van der Waals surface area contributed by atoms with E-state index in [1.807, 2.05) is 63.5 Å². The van der Waals surface area contributed by atoms with Crippen LogP contribution in [0.1, 0.15) is 23.4 Å². The number of aromatic nitrogens is 4. The lowest BCUT2D eigenvalue weighted by Crippen LogP contribution is -2.61. The van der Waals surface area contributed by atoms with Crippen molar-refractivity contribution in [3.05, 3.63) is 71.5 Å². The van der Waals surface area contributed by atoms with Gasteiger partial charge in [-0.3, -0.25) is 9.69 Å². The first-order chi connectivity index (χ1) is 14.9. The van der Waals surface area contributed by atoms with E-state index >= 15 is 0 Å². The Bertz CT molecular complexity index is 1030. The van der Waals surface area contributed by atoms with Crippen LogP contribution in [0, 0.1) is 6.92 Å². The fourth-order valence-corrected chi connectivity index (χ4v) is 4.50. The van der Waals surface area contributed by atoms with Gasteiger partial charge in [-0.1, -0.05) is 42.5 Å². The van der Waals surface area contributed by atoms with Crippen molar-refractivity contribution in [1.82, 2.24) is 30.0 Å². The van der Waals surface area contributed by atoms with Crippen molar-refractivity contribution < 1.29 is 9.90 Å². The van der Waals surface area contributed by atoms with Gasteiger partial charge in [0.25, 0.3) is 0 Å². The number of aliphatic hydroxyl groups is 1. The van der Waals surface area contributed by atoms with Gasteiger partial charge in [0.05, 0.1) is 23.8 Å². The van der Waals surface area contributed by atoms with E-state index in [-0.39, 0.29) is 5.91 Å². The summed E-state index contributed by atoms with van der Waals surface area (Å²) in [6.45, 7) is 2.75. The highest BCUT2D eigenvalue weighted by molar-refractivity contribution is 5.79. The number of hydrogen-bond acceptors (Lipinski definition) is 6. The van der Waals surface area contributed by atoms with Gasteiger partial charge in [0.1, 0.15) is 0 Å². The van der Waals surface area contributed by atoms with Gasteiger partial charge >= 0.3 is 0 Å². The molecule has 1 saturated heterocycles. The SMILES string of the molecule is Cc1nnnn1-c1ccc(CC(=O)N2CC[C@@](c3ccccc3)(N(C)C)[C@H](O)C2)cc1. The maximum Gasteiger partial charge on any atom is 0.227 e. The molecule has 1 aliphatic heterocycles. The Balaban J connectivity index is 1.44. The molecule has 0 spiro atoms. The molecule has 0 bridgehead atoms. The van der Waals surface area contributed by atoms with Crippen molar-refractivity contribution in [2.24, 2.45) is 0 Å². The lowest BCUT2D eigenvalue weighted by atomic mass is 9.77. The Labute approximate surface area is 182 Å². The van der Waals surface area contributed by atoms with Gasteiger partial charge in [-0.2, -0.15) is 4.68 Å². The summed E-state index contributed by atoms with van der Waals surface area (Å²) in [7, 11) is 3.98. The van der Waals surface area contributed by atoms with E-state index in [4.69, 9.17) is 0 Å². The number of hydrogen-bond donors (Lipinski definition) is 1. The van der Waals surface area contributed by atoms with Gasteiger partial charge in [0.15, 0.2) is 5.82 Å². The average Bonchev–Trinajstić information content (AvgIpc) is 3.20. The molecule has 2 atom stereocenters. The summed E-state index contributed by atoms with van der Waals surface area (Å²) in [5.74, 6) is 0.722. The Morgan fingerprint density at radius 2 is 1.87 bits per heavy atom. The Morgan fingerprint density at radius 3 is 2.45 bits per heavy atom. The molecule has 0 unspecified atom stereocenters. The Morgan fingerprint density at radius 1 is 1.16 bits per heavy atom. The molecule has 8 nitrogen and oxygen atoms in total. The molecule has 0 saturated carbocycles. The monoisotopic (exact) mass is 420 g/mol. The molecule has 31 heavy (non-hydrogen) atoms. The van der Waals surface area contributed by atoms with E-state index in [0.29, 0.717) is 31.8 Å². The number of aliphatic hydroxyl groups excluding tert-OH is 1. The van der Waals surface area contributed by atoms with E-state index in [2.05, 4.69) is 32.6 Å². The van der Waals surface area contributed by atoms with Crippen LogP contribution in [0.15, 0.2) is 54.6 Å². The normalized spacial score (nSPS) is 21.5. The summed E-state index contributed by atoms with van der Waals surface area (Å²) in [6.07, 6.45) is 0.295. The first kappa shape index (κ1) is 21.1. The summed E-state index contributed by atoms with van der Waals surface area (Å²) in [4.78, 5) is 16.8. The molecule has 2 heterocycles. The zero-order valence-electron chi connectivity index (χ0n) is 18.1. The Kier molecular flexibility index (Phi) is 5.84. The number of piperidine rings is 1. The van der Waals surface area contributed by atoms with Crippen LogP contribution in [0.4, 0.5) is 0 Å². The molecule has 0 radical (unpaired) electrons. The molecule has 1 aromatic heterocycles. The van der Waals surface area contributed by atoms with Crippen LogP contribution >= 0.6 is 0 Å². The smallest absolute Gasteiger partial charge is 0.227 e. The number of likely N-dealkylation sites (tertiary alicyclic amines) is 1. The van der Waals surface area contributed by atoms with Gasteiger partial charge in [-0.15, -0.1) is 5.10 Å². The van der Waals surface area contributed by atoms with Gasteiger partial charge in [0, 0.05) is 13.1 Å². The lowest BCUT2D eigenvalue weighted by Gasteiger charge is -2.49. The molecule has 1 N–H and O–H groups in total. The van der Waals surface area contributed by atoms with Crippen molar-refractivity contribution in [2.45, 2.75) is 31.4 Å². The van der Waals surface area contributed by atoms with Gasteiger partial charge in [0.2, 0.25) is 5.91 Å². The van der Waals surface area contributed by atoms with Gasteiger partial charge in [-0.05, 0) is 61.1 Å². The van der Waals surface area contributed by atoms with E-state index in [9.17, 15) is 9.90 Å². The van der Waals surface area contributed by atoms with Crippen molar-refractivity contribution in [3.8, 4) is 5.69 Å². The number of tetrazole rings is 1. The highest BCUT2D eigenvalue weighted by atomic mass is 16.3. The number of benzene rings is 2. The molecule has 1 amide bonds. The molecule has 8 heteroatoms. The minimum atomic E-state index is -0.673. The van der Waals surface area contributed by atoms with Crippen LogP contribution < -0.4 is 0 Å². The zero-order valence-corrected chi connectivity index (χ0v) is 18.1. The second-order valence-corrected chi connectivity index (χ2v) is 8.27. The zero-order chi connectivity index (χ0) is 22.0. The number of rotatable bonds is 5. The highest BCUT2D eigenvalue weighted by Crippen LogP contribution is 2.37. The number of carbonyl (C=O) groups excluding carboxylic acids is 1. The minimum absolute atomic E-state index is 0.0193. The van der Waals surface area contributed by atoms with E-state index in [1.165, 1.54) is 0 Å². The third kappa shape index (κ3) is 3.96. The van der Waals surface area contributed by atoms with Crippen molar-refractivity contribution >= 4 is 5.91 Å². The summed E-state index contributed by atoms with van der Waals surface area (Å²) in [6, 6.07) is 17.7. The van der Waals surface area contributed by atoms with Crippen LogP contribution in [0.25, 0.3) is 5.69 Å². The van der Waals surface area contributed by atoms with Gasteiger partial charge < -0.3 is 10.0 Å². The van der Waals surface area contributed by atoms with Crippen LogP contribution in [0.5, 0.6) is 0 Å². The number of amides is 1. The number of carbonyl (C=O) groups is 1. The quantitative estimate of drug-likeness (QED) is 0.674. The second kappa shape index (κ2) is 8.56. The molecule has 0 aliphatic carbocycles. The van der Waals surface area contributed by atoms with Crippen molar-refractivity contribution in [1.29, 1.82) is 0 Å². The molecular formula is C23H28N6O2. The van der Waals surface area contributed by atoms with Crippen molar-refractivity contribution in [2.75, 3.05) is 27.2 Å². The van der Waals surface area contributed by atoms with Crippen LogP contribution in [-0.4, -0.2) is 74.3 Å². The summed E-state index contributed by atoms with van der Waals surface area (Å²) in [5.41, 5.74) is 2.35. The van der Waals surface area contributed by atoms with E-state index in [0.717, 1.165) is 16.8 Å². The minimum Gasteiger partial charge on any atom is -0.389 e.